The number of phenols is 2. The second kappa shape index (κ2) is 5.56. The van der Waals surface area contributed by atoms with Crippen molar-refractivity contribution >= 4 is 0 Å². The van der Waals surface area contributed by atoms with Crippen LogP contribution in [-0.4, -0.2) is 32.5 Å². The van der Waals surface area contributed by atoms with Crippen molar-refractivity contribution in [1.29, 1.82) is 0 Å². The zero-order valence-electron chi connectivity index (χ0n) is 18.4. The summed E-state index contributed by atoms with van der Waals surface area (Å²) >= 11 is 0. The van der Waals surface area contributed by atoms with Crippen LogP contribution in [0.3, 0.4) is 0 Å². The molecule has 0 saturated heterocycles. The highest BCUT2D eigenvalue weighted by atomic mass is 16.3. The molecular weight excluding hydrogens is 234 g/mol. The number of nitrogens with one attached hydrogen (secondary N) is 1. The average molecular weight is 264 g/mol. The van der Waals surface area contributed by atoms with E-state index in [1.165, 1.54) is 0 Å². The van der Waals surface area contributed by atoms with E-state index in [4.69, 9.17) is 17.4 Å². The molecule has 5 N–H and O–H groups in total. The number of rotatable bonds is 4. The van der Waals surface area contributed by atoms with E-state index in [0.717, 1.165) is 12.1 Å². The van der Waals surface area contributed by atoms with Gasteiger partial charge in [0.1, 0.15) is 0 Å². The van der Waals surface area contributed by atoms with Crippen LogP contribution in [0.2, 0.25) is 0 Å². The summed E-state index contributed by atoms with van der Waals surface area (Å²) in [5.41, 5.74) is -3.55. The zero-order chi connectivity index (χ0) is 21.4. The molecule has 18 heavy (non-hydrogen) atoms. The van der Waals surface area contributed by atoms with E-state index >= 15 is 0 Å². The fraction of sp³-hybridized carbons (Fsp3) is 0.538. The van der Waals surface area contributed by atoms with Gasteiger partial charge >= 0.3 is 0 Å². The van der Waals surface area contributed by atoms with Crippen LogP contribution in [0.15, 0.2) is 12.1 Å². The minimum absolute atomic E-state index is 0.0997. The third-order valence-corrected chi connectivity index (χ3v) is 2.31. The number of aliphatic hydroxyl groups is 2. The van der Waals surface area contributed by atoms with Crippen LogP contribution in [-0.2, 0) is 6.61 Å². The van der Waals surface area contributed by atoms with Gasteiger partial charge in [-0.2, -0.15) is 0 Å². The van der Waals surface area contributed by atoms with Crippen LogP contribution >= 0.6 is 0 Å². The zero-order valence-corrected chi connectivity index (χ0v) is 9.44. The highest BCUT2D eigenvalue weighted by molar-refractivity contribution is 5.47. The summed E-state index contributed by atoms with van der Waals surface area (Å²) in [5.74, 6) is -1.30. The Balaban J connectivity index is 3.29. The predicted molar refractivity (Wildman–Crippen MR) is 68.4 cm³/mol. The second-order valence-electron chi connectivity index (χ2n) is 3.85. The third kappa shape index (κ3) is 3.87. The van der Waals surface area contributed by atoms with Crippen LogP contribution in [0.25, 0.3) is 0 Å². The smallest absolute Gasteiger partial charge is 0.163 e. The maximum Gasteiger partial charge on any atom is 0.163 e. The molecule has 0 spiro atoms. The SMILES string of the molecule is [2H]C([2H])([2H])C(NCC(O)c1cc(O)c(O)c(CO)c1)(C([2H])([2H])[2H])C([2H])([2H])[2H]. The lowest BCUT2D eigenvalue weighted by atomic mass is 10.0. The molecule has 0 amide bonds. The Labute approximate surface area is 119 Å². The molecule has 0 aromatic heterocycles. The van der Waals surface area contributed by atoms with Crippen molar-refractivity contribution in [3.63, 3.8) is 0 Å². The van der Waals surface area contributed by atoms with Gasteiger partial charge in [-0.05, 0) is 38.3 Å². The first-order valence-electron chi connectivity index (χ1n) is 9.58. The van der Waals surface area contributed by atoms with Gasteiger partial charge in [-0.15, -0.1) is 0 Å². The highest BCUT2D eigenvalue weighted by Crippen LogP contribution is 2.32. The van der Waals surface area contributed by atoms with Crippen molar-refractivity contribution in [1.82, 2.24) is 5.32 Å². The van der Waals surface area contributed by atoms with E-state index < -0.39 is 56.8 Å². The van der Waals surface area contributed by atoms with E-state index in [0.29, 0.717) is 0 Å². The first-order valence-corrected chi connectivity index (χ1v) is 5.08. The molecule has 5 nitrogen and oxygen atoms in total. The molecule has 1 unspecified atom stereocenters. The first-order chi connectivity index (χ1) is 12.0. The Bertz CT molecular complexity index is 633. The lowest BCUT2D eigenvalue weighted by Gasteiger charge is -2.23. The molecule has 0 heterocycles. The lowest BCUT2D eigenvalue weighted by Crippen LogP contribution is -2.38. The van der Waals surface area contributed by atoms with E-state index in [1.807, 2.05) is 5.32 Å². The van der Waals surface area contributed by atoms with Gasteiger partial charge in [-0.3, -0.25) is 0 Å². The fourth-order valence-electron chi connectivity index (χ4n) is 1.38. The molecule has 0 aliphatic carbocycles. The number of benzene rings is 1. The number of phenolic OH excluding ortho intramolecular Hbond substituents is 1. The first kappa shape index (κ1) is 6.23. The summed E-state index contributed by atoms with van der Waals surface area (Å²) < 4.78 is 67.4. The van der Waals surface area contributed by atoms with E-state index in [1.54, 1.807) is 0 Å². The van der Waals surface area contributed by atoms with Gasteiger partial charge in [0.05, 0.1) is 12.7 Å². The van der Waals surface area contributed by atoms with Crippen molar-refractivity contribution in [2.24, 2.45) is 0 Å². The second-order valence-corrected chi connectivity index (χ2v) is 3.85. The van der Waals surface area contributed by atoms with Gasteiger partial charge in [-0.25, -0.2) is 0 Å². The molecule has 1 rings (SSSR count). The number of hydrogen-bond donors (Lipinski definition) is 5. The lowest BCUT2D eigenvalue weighted by molar-refractivity contribution is 0.162. The van der Waals surface area contributed by atoms with E-state index in [2.05, 4.69) is 0 Å². The highest BCUT2D eigenvalue weighted by Gasteiger charge is 2.16. The number of hydrogen-bond acceptors (Lipinski definition) is 5. The van der Waals surface area contributed by atoms with Crippen molar-refractivity contribution < 1.29 is 32.8 Å². The third-order valence-electron chi connectivity index (χ3n) is 2.31. The number of aliphatic hydroxyl groups excluding tert-OH is 2. The summed E-state index contributed by atoms with van der Waals surface area (Å²) in [4.78, 5) is 0. The van der Waals surface area contributed by atoms with Crippen LogP contribution in [0.4, 0.5) is 0 Å². The van der Waals surface area contributed by atoms with Crippen molar-refractivity contribution in [2.75, 3.05) is 6.54 Å². The Kier molecular flexibility index (Phi) is 1.93. The van der Waals surface area contributed by atoms with Gasteiger partial charge in [0.2, 0.25) is 0 Å². The molecule has 102 valence electrons. The molecule has 0 radical (unpaired) electrons. The quantitative estimate of drug-likeness (QED) is 0.523. The maximum atomic E-state index is 10.2. The Hall–Kier alpha value is -1.30. The molecule has 1 aromatic carbocycles. The Morgan fingerprint density at radius 3 is 2.56 bits per heavy atom. The molecule has 0 bridgehead atoms. The maximum absolute atomic E-state index is 10.2. The van der Waals surface area contributed by atoms with Gasteiger partial charge in [0, 0.05) is 30.0 Å². The van der Waals surface area contributed by atoms with Gasteiger partial charge < -0.3 is 25.7 Å². The van der Waals surface area contributed by atoms with Crippen molar-refractivity contribution in [2.45, 2.75) is 38.8 Å². The molecule has 1 atom stereocenters. The van der Waals surface area contributed by atoms with E-state index in [-0.39, 0.29) is 11.1 Å². The summed E-state index contributed by atoms with van der Waals surface area (Å²) in [7, 11) is 0. The predicted octanol–water partition coefficient (Wildman–Crippen LogP) is 1.01. The van der Waals surface area contributed by atoms with Gasteiger partial charge in [0.25, 0.3) is 0 Å². The Morgan fingerprint density at radius 2 is 2.00 bits per heavy atom. The summed E-state index contributed by atoms with van der Waals surface area (Å²) in [6.45, 7) is -11.9. The normalized spacial score (nSPS) is 23.1. The summed E-state index contributed by atoms with van der Waals surface area (Å²) in [6.07, 6.45) is -1.65. The molecule has 1 aromatic rings. The summed E-state index contributed by atoms with van der Waals surface area (Å²) in [5, 5.41) is 40.5. The van der Waals surface area contributed by atoms with E-state index in [9.17, 15) is 15.3 Å². The number of aromatic hydroxyl groups is 2. The fourth-order valence-corrected chi connectivity index (χ4v) is 1.38. The molecule has 5 heteroatoms. The molecular formula is C13H21NO4. The van der Waals surface area contributed by atoms with Crippen LogP contribution in [0.5, 0.6) is 11.5 Å². The number of β-amino-alcohol motifs (C(OH)–C–C–N with tert-alkyl or cyclic N) is 1. The minimum atomic E-state index is -3.48. The average Bonchev–Trinajstić information content (AvgIpc) is 2.45. The molecule has 0 aliphatic rings. The minimum Gasteiger partial charge on any atom is -0.504 e. The molecule has 0 aliphatic heterocycles. The monoisotopic (exact) mass is 264 g/mol. The van der Waals surface area contributed by atoms with Gasteiger partial charge in [0.15, 0.2) is 11.5 Å². The van der Waals surface area contributed by atoms with Gasteiger partial charge in [-0.1, -0.05) is 0 Å². The largest absolute Gasteiger partial charge is 0.504 e. The Morgan fingerprint density at radius 1 is 1.33 bits per heavy atom. The van der Waals surface area contributed by atoms with Crippen LogP contribution < -0.4 is 5.32 Å². The van der Waals surface area contributed by atoms with Crippen LogP contribution in [0, 0.1) is 0 Å². The topological polar surface area (TPSA) is 93.0 Å². The summed E-state index contributed by atoms with van der Waals surface area (Å²) in [6, 6.07) is 2.02. The van der Waals surface area contributed by atoms with Crippen LogP contribution in [0.1, 0.15) is 50.1 Å². The van der Waals surface area contributed by atoms with Crippen molar-refractivity contribution in [3.05, 3.63) is 23.3 Å². The molecule has 0 fully saturated rings. The molecule has 0 saturated carbocycles. The standard InChI is InChI=1S/C13H21NO4/c1-13(2,3)14-6-11(17)8-4-9(7-15)12(18)10(16)5-8/h4-5,11,14-18H,6-7H2,1-3H3/i1D3,2D3,3D3. The van der Waals surface area contributed by atoms with Crippen molar-refractivity contribution in [3.8, 4) is 11.5 Å².